The molecule has 1 aromatic carbocycles. The van der Waals surface area contributed by atoms with Crippen LogP contribution in [0.15, 0.2) is 36.4 Å². The van der Waals surface area contributed by atoms with Crippen LogP contribution in [0.4, 0.5) is 0 Å². The minimum atomic E-state index is -0.931. The Kier molecular flexibility index (Phi) is 14.0. The Hall–Kier alpha value is -2.59. The summed E-state index contributed by atoms with van der Waals surface area (Å²) < 4.78 is 5.61. The van der Waals surface area contributed by atoms with E-state index >= 15 is 0 Å². The average molecular weight is 571 g/mol. The molecule has 0 bridgehead atoms. The molecule has 0 spiro atoms. The molecule has 0 aliphatic carbocycles. The smallest absolute Gasteiger partial charge is 0.268 e. The van der Waals surface area contributed by atoms with Crippen LogP contribution in [0.5, 0.6) is 0 Å². The molecule has 2 N–H and O–H groups in total. The largest absolute Gasteiger partial charge is 0.350 e. The van der Waals surface area contributed by atoms with Crippen LogP contribution in [0, 0.1) is 17.8 Å². The second-order valence-corrected chi connectivity index (χ2v) is 12.0. The average Bonchev–Trinajstić information content (AvgIpc) is 3.47. The zero-order chi connectivity index (χ0) is 29.6. The van der Waals surface area contributed by atoms with Gasteiger partial charge < -0.3 is 4.74 Å². The number of Topliss-reactive ketones (excluding diaryl/α,β-unsaturated/α-hetero) is 1. The molecule has 2 heterocycles. The Balaban J connectivity index is 1.86. The summed E-state index contributed by atoms with van der Waals surface area (Å²) >= 11 is 0. The Bertz CT molecular complexity index is 972. The lowest BCUT2D eigenvalue weighted by molar-refractivity contribution is -0.203. The summed E-state index contributed by atoms with van der Waals surface area (Å²) in [4.78, 5) is 49.2. The molecule has 2 saturated heterocycles. The normalized spacial score (nSPS) is 19.5. The maximum absolute atomic E-state index is 14.2. The summed E-state index contributed by atoms with van der Waals surface area (Å²) in [5.41, 5.74) is 6.78. The van der Waals surface area contributed by atoms with E-state index in [1.807, 2.05) is 70.2 Å². The van der Waals surface area contributed by atoms with E-state index in [1.165, 1.54) is 5.01 Å². The first kappa shape index (κ1) is 32.9. The van der Waals surface area contributed by atoms with Gasteiger partial charge in [-0.15, -0.1) is 0 Å². The fourth-order valence-electron chi connectivity index (χ4n) is 5.13. The molecule has 9 heteroatoms. The molecule has 2 fully saturated rings. The summed E-state index contributed by atoms with van der Waals surface area (Å²) in [5, 5.41) is 1.39. The zero-order valence-electron chi connectivity index (χ0n) is 25.3. The molecular weight excluding hydrogens is 520 g/mol. The minimum Gasteiger partial charge on any atom is -0.350 e. The number of hydrogen-bond donors (Lipinski definition) is 2. The molecule has 0 aromatic heterocycles. The molecule has 2 amide bonds. The van der Waals surface area contributed by atoms with Crippen LogP contribution < -0.4 is 10.9 Å². The Morgan fingerprint density at radius 3 is 2.41 bits per heavy atom. The number of hydroxylamine groups is 1. The first-order chi connectivity index (χ1) is 19.7. The number of nitrogens with one attached hydrogen (secondary N) is 2. The van der Waals surface area contributed by atoms with Crippen molar-refractivity contribution < 1.29 is 24.0 Å². The van der Waals surface area contributed by atoms with Crippen molar-refractivity contribution in [2.45, 2.75) is 85.0 Å². The monoisotopic (exact) mass is 570 g/mol. The van der Waals surface area contributed by atoms with Gasteiger partial charge in [0, 0.05) is 19.6 Å². The Morgan fingerprint density at radius 1 is 1.05 bits per heavy atom. The SMILES string of the molecule is CC(C)CNN(C(=O)[C@H](CC(C)C)C(=O)CN1CCCC1)[C@@H](CC=Cc1ccccc1)C(=O)NOC1CCCCO1. The van der Waals surface area contributed by atoms with Gasteiger partial charge in [-0.3, -0.25) is 24.3 Å². The molecule has 3 rings (SSSR count). The van der Waals surface area contributed by atoms with Crippen molar-refractivity contribution in [3.63, 3.8) is 0 Å². The molecule has 3 atom stereocenters. The molecule has 228 valence electrons. The van der Waals surface area contributed by atoms with Crippen LogP contribution >= 0.6 is 0 Å². The van der Waals surface area contributed by atoms with Crippen molar-refractivity contribution in [1.29, 1.82) is 0 Å². The van der Waals surface area contributed by atoms with Gasteiger partial charge in [-0.2, -0.15) is 0 Å². The highest BCUT2D eigenvalue weighted by Crippen LogP contribution is 2.21. The van der Waals surface area contributed by atoms with E-state index in [1.54, 1.807) is 0 Å². The number of ketones is 1. The van der Waals surface area contributed by atoms with Crippen LogP contribution in [0.2, 0.25) is 0 Å². The predicted molar refractivity (Wildman–Crippen MR) is 160 cm³/mol. The summed E-state index contributed by atoms with van der Waals surface area (Å²) in [6.45, 7) is 11.2. The van der Waals surface area contributed by atoms with E-state index in [9.17, 15) is 14.4 Å². The van der Waals surface area contributed by atoms with Gasteiger partial charge >= 0.3 is 0 Å². The number of benzene rings is 1. The van der Waals surface area contributed by atoms with E-state index in [0.29, 0.717) is 26.0 Å². The maximum Gasteiger partial charge on any atom is 0.268 e. The lowest BCUT2D eigenvalue weighted by atomic mass is 9.91. The number of rotatable bonds is 16. The van der Waals surface area contributed by atoms with E-state index in [2.05, 4.69) is 15.8 Å². The van der Waals surface area contributed by atoms with E-state index in [-0.39, 0.29) is 36.5 Å². The van der Waals surface area contributed by atoms with Crippen molar-refractivity contribution in [2.75, 3.05) is 32.8 Å². The van der Waals surface area contributed by atoms with Gasteiger partial charge in [0.05, 0.1) is 12.5 Å². The van der Waals surface area contributed by atoms with Gasteiger partial charge in [0.2, 0.25) is 5.91 Å². The van der Waals surface area contributed by atoms with Gasteiger partial charge in [-0.1, -0.05) is 70.2 Å². The molecule has 0 radical (unpaired) electrons. The highest BCUT2D eigenvalue weighted by atomic mass is 16.8. The van der Waals surface area contributed by atoms with Crippen molar-refractivity contribution in [3.05, 3.63) is 42.0 Å². The van der Waals surface area contributed by atoms with Crippen molar-refractivity contribution in [2.24, 2.45) is 17.8 Å². The van der Waals surface area contributed by atoms with Crippen LogP contribution in [0.25, 0.3) is 6.08 Å². The molecule has 9 nitrogen and oxygen atoms in total. The number of hydrogen-bond acceptors (Lipinski definition) is 7. The van der Waals surface area contributed by atoms with Crippen LogP contribution in [-0.2, 0) is 24.0 Å². The first-order valence-corrected chi connectivity index (χ1v) is 15.3. The van der Waals surface area contributed by atoms with Gasteiger partial charge in [0.25, 0.3) is 5.91 Å². The molecule has 2 aliphatic heterocycles. The van der Waals surface area contributed by atoms with E-state index in [4.69, 9.17) is 9.57 Å². The number of nitrogens with zero attached hydrogens (tertiary/aromatic N) is 2. The summed E-state index contributed by atoms with van der Waals surface area (Å²) in [6.07, 6.45) is 8.71. The predicted octanol–water partition coefficient (Wildman–Crippen LogP) is 4.35. The van der Waals surface area contributed by atoms with Crippen LogP contribution in [0.1, 0.15) is 78.2 Å². The lowest BCUT2D eigenvalue weighted by Gasteiger charge is -2.34. The number of likely N-dealkylation sites (tertiary alicyclic amines) is 1. The van der Waals surface area contributed by atoms with Crippen molar-refractivity contribution >= 4 is 23.7 Å². The summed E-state index contributed by atoms with van der Waals surface area (Å²) in [6, 6.07) is 8.87. The Morgan fingerprint density at radius 2 is 1.78 bits per heavy atom. The standard InChI is InChI=1S/C32H50N4O5/c1-24(2)21-27(29(37)23-35-18-9-10-19-35)32(39)36(33-22-25(3)4)28(16-12-15-26-13-6-5-7-14-26)31(38)34-41-30-17-8-11-20-40-30/h5-7,12-15,24-25,27-28,30,33H,8-11,16-23H2,1-4H3,(H,34,38)/t27-,28+,30?/m1/s1. The third-order valence-corrected chi connectivity index (χ3v) is 7.39. The van der Waals surface area contributed by atoms with Crippen LogP contribution in [0.3, 0.4) is 0 Å². The number of amides is 2. The third kappa shape index (κ3) is 11.3. The van der Waals surface area contributed by atoms with E-state index in [0.717, 1.165) is 44.3 Å². The van der Waals surface area contributed by atoms with Crippen molar-refractivity contribution in [3.8, 4) is 0 Å². The molecule has 1 unspecified atom stereocenters. The minimum absolute atomic E-state index is 0.0900. The highest BCUT2D eigenvalue weighted by molar-refractivity contribution is 6.03. The number of carbonyl (C=O) groups is 3. The Labute approximate surface area is 245 Å². The summed E-state index contributed by atoms with van der Waals surface area (Å²) in [7, 11) is 0. The third-order valence-electron chi connectivity index (χ3n) is 7.39. The highest BCUT2D eigenvalue weighted by Gasteiger charge is 2.38. The number of hydrazine groups is 1. The molecular formula is C32H50N4O5. The second kappa shape index (κ2) is 17.4. The molecule has 0 saturated carbocycles. The fourth-order valence-corrected chi connectivity index (χ4v) is 5.13. The van der Waals surface area contributed by atoms with Gasteiger partial charge in [-0.25, -0.2) is 15.7 Å². The quantitative estimate of drug-likeness (QED) is 0.225. The number of ether oxygens (including phenoxy) is 1. The van der Waals surface area contributed by atoms with Gasteiger partial charge in [0.1, 0.15) is 6.04 Å². The van der Waals surface area contributed by atoms with Crippen LogP contribution in [-0.4, -0.2) is 72.6 Å². The zero-order valence-corrected chi connectivity index (χ0v) is 25.3. The topological polar surface area (TPSA) is 100 Å². The molecule has 1 aromatic rings. The fraction of sp³-hybridized carbons (Fsp3) is 0.656. The molecule has 2 aliphatic rings. The maximum atomic E-state index is 14.2. The van der Waals surface area contributed by atoms with Crippen molar-refractivity contribution in [1.82, 2.24) is 20.8 Å². The second-order valence-electron chi connectivity index (χ2n) is 12.0. The van der Waals surface area contributed by atoms with Gasteiger partial charge in [0.15, 0.2) is 12.1 Å². The number of carbonyl (C=O) groups excluding carboxylic acids is 3. The lowest BCUT2D eigenvalue weighted by Crippen LogP contribution is -2.59. The summed E-state index contributed by atoms with van der Waals surface area (Å²) in [5.74, 6) is -1.42. The molecule has 41 heavy (non-hydrogen) atoms. The first-order valence-electron chi connectivity index (χ1n) is 15.3. The van der Waals surface area contributed by atoms with Gasteiger partial charge in [-0.05, 0) is 69.0 Å². The van der Waals surface area contributed by atoms with E-state index < -0.39 is 24.2 Å².